The Hall–Kier alpha value is -2.80. The minimum absolute atomic E-state index is 0.00492. The highest BCUT2D eigenvalue weighted by Crippen LogP contribution is 2.24. The molecule has 130 valence electrons. The quantitative estimate of drug-likeness (QED) is 0.745. The van der Waals surface area contributed by atoms with E-state index in [1.807, 2.05) is 35.0 Å². The molecule has 1 amide bonds. The summed E-state index contributed by atoms with van der Waals surface area (Å²) >= 11 is 0. The molecule has 0 unspecified atom stereocenters. The topological polar surface area (TPSA) is 76.4 Å². The lowest BCUT2D eigenvalue weighted by Gasteiger charge is -2.33. The number of furan rings is 2. The second-order valence-corrected chi connectivity index (χ2v) is 6.23. The molecule has 3 aromatic rings. The molecule has 1 aliphatic rings. The van der Waals surface area contributed by atoms with Gasteiger partial charge in [0.05, 0.1) is 43.8 Å². The highest BCUT2D eigenvalue weighted by atomic mass is 16.3. The van der Waals surface area contributed by atoms with Crippen molar-refractivity contribution in [3.05, 3.63) is 66.3 Å². The number of aromatic nitrogens is 2. The highest BCUT2D eigenvalue weighted by molar-refractivity contribution is 5.76. The van der Waals surface area contributed by atoms with Gasteiger partial charge in [-0.15, -0.1) is 0 Å². The standard InChI is InChI=1S/C18H20N4O3/c23-18(19-10-16-3-1-7-24-16)9-15-12-21(13-17-4-2-8-25-17)11-14-5-6-20-22(14)15/h1-8,15H,9-13H2,(H,19,23)/t15-/m1/s1. The van der Waals surface area contributed by atoms with Crippen LogP contribution in [0.15, 0.2) is 57.9 Å². The van der Waals surface area contributed by atoms with Crippen LogP contribution < -0.4 is 5.32 Å². The molecule has 3 aromatic heterocycles. The van der Waals surface area contributed by atoms with Gasteiger partial charge in [-0.2, -0.15) is 5.10 Å². The molecule has 7 nitrogen and oxygen atoms in total. The first kappa shape index (κ1) is 15.7. The Morgan fingerprint density at radius 1 is 1.20 bits per heavy atom. The van der Waals surface area contributed by atoms with Crippen LogP contribution in [-0.2, 0) is 24.4 Å². The summed E-state index contributed by atoms with van der Waals surface area (Å²) in [6.07, 6.45) is 5.46. The predicted octanol–water partition coefficient (Wildman–Crippen LogP) is 2.33. The van der Waals surface area contributed by atoms with E-state index in [0.717, 1.165) is 36.8 Å². The maximum atomic E-state index is 12.3. The van der Waals surface area contributed by atoms with Crippen LogP contribution in [0.3, 0.4) is 0 Å². The fourth-order valence-corrected chi connectivity index (χ4v) is 3.24. The molecule has 7 heteroatoms. The van der Waals surface area contributed by atoms with E-state index in [2.05, 4.69) is 15.3 Å². The van der Waals surface area contributed by atoms with Gasteiger partial charge >= 0.3 is 0 Å². The Bertz CT molecular complexity index is 807. The summed E-state index contributed by atoms with van der Waals surface area (Å²) in [6, 6.07) is 9.52. The van der Waals surface area contributed by atoms with E-state index in [1.54, 1.807) is 18.7 Å². The zero-order valence-electron chi connectivity index (χ0n) is 13.8. The van der Waals surface area contributed by atoms with Crippen molar-refractivity contribution in [2.45, 2.75) is 32.1 Å². The van der Waals surface area contributed by atoms with Gasteiger partial charge in [-0.05, 0) is 30.3 Å². The lowest BCUT2D eigenvalue weighted by atomic mass is 10.1. The molecular formula is C18H20N4O3. The summed E-state index contributed by atoms with van der Waals surface area (Å²) in [5.74, 6) is 1.66. The second-order valence-electron chi connectivity index (χ2n) is 6.23. The van der Waals surface area contributed by atoms with Crippen molar-refractivity contribution in [2.24, 2.45) is 0 Å². The van der Waals surface area contributed by atoms with Gasteiger partial charge < -0.3 is 14.2 Å². The molecule has 0 aromatic carbocycles. The van der Waals surface area contributed by atoms with Crippen molar-refractivity contribution < 1.29 is 13.6 Å². The van der Waals surface area contributed by atoms with Crippen molar-refractivity contribution in [2.75, 3.05) is 6.54 Å². The Balaban J connectivity index is 1.40. The maximum absolute atomic E-state index is 12.3. The van der Waals surface area contributed by atoms with Crippen molar-refractivity contribution in [3.8, 4) is 0 Å². The number of hydrogen-bond donors (Lipinski definition) is 1. The van der Waals surface area contributed by atoms with Crippen molar-refractivity contribution >= 4 is 5.91 Å². The molecule has 0 bridgehead atoms. The van der Waals surface area contributed by atoms with E-state index in [9.17, 15) is 4.79 Å². The van der Waals surface area contributed by atoms with Gasteiger partial charge in [0, 0.05) is 19.3 Å². The largest absolute Gasteiger partial charge is 0.468 e. The fraction of sp³-hybridized carbons (Fsp3) is 0.333. The number of nitrogens with zero attached hydrogens (tertiary/aromatic N) is 3. The van der Waals surface area contributed by atoms with Crippen LogP contribution in [0, 0.1) is 0 Å². The van der Waals surface area contributed by atoms with Crippen LogP contribution in [0.1, 0.15) is 29.7 Å². The number of carbonyl (C=O) groups is 1. The summed E-state index contributed by atoms with van der Waals surface area (Å²) in [5, 5.41) is 7.31. The third-order valence-corrected chi connectivity index (χ3v) is 4.37. The van der Waals surface area contributed by atoms with E-state index in [-0.39, 0.29) is 11.9 Å². The van der Waals surface area contributed by atoms with Crippen LogP contribution in [0.4, 0.5) is 0 Å². The van der Waals surface area contributed by atoms with E-state index >= 15 is 0 Å². The number of rotatable bonds is 6. The molecule has 4 rings (SSSR count). The third kappa shape index (κ3) is 3.66. The Morgan fingerprint density at radius 2 is 2.00 bits per heavy atom. The molecule has 4 heterocycles. The van der Waals surface area contributed by atoms with E-state index in [1.165, 1.54) is 0 Å². The highest BCUT2D eigenvalue weighted by Gasteiger charge is 2.27. The van der Waals surface area contributed by atoms with Gasteiger partial charge in [-0.25, -0.2) is 0 Å². The lowest BCUT2D eigenvalue weighted by molar-refractivity contribution is -0.122. The number of nitrogens with one attached hydrogen (secondary N) is 1. The molecule has 0 saturated heterocycles. The molecule has 0 spiro atoms. The lowest BCUT2D eigenvalue weighted by Crippen LogP contribution is -2.39. The number of amides is 1. The van der Waals surface area contributed by atoms with Crippen LogP contribution in [0.25, 0.3) is 0 Å². The summed E-state index contributed by atoms with van der Waals surface area (Å²) in [6.45, 7) is 2.68. The molecule has 1 aliphatic heterocycles. The number of carbonyl (C=O) groups excluding carboxylic acids is 1. The van der Waals surface area contributed by atoms with Gasteiger partial charge in [0.25, 0.3) is 0 Å². The second kappa shape index (κ2) is 6.98. The molecule has 0 radical (unpaired) electrons. The first-order chi connectivity index (χ1) is 12.3. The summed E-state index contributed by atoms with van der Waals surface area (Å²) in [5.41, 5.74) is 1.11. The number of fused-ring (bicyclic) bond motifs is 1. The van der Waals surface area contributed by atoms with E-state index in [0.29, 0.717) is 13.0 Å². The smallest absolute Gasteiger partial charge is 0.222 e. The van der Waals surface area contributed by atoms with Gasteiger partial charge in [-0.3, -0.25) is 14.4 Å². The normalized spacial score (nSPS) is 17.4. The Labute approximate surface area is 145 Å². The van der Waals surface area contributed by atoms with Gasteiger partial charge in [-0.1, -0.05) is 0 Å². The molecule has 25 heavy (non-hydrogen) atoms. The van der Waals surface area contributed by atoms with Crippen LogP contribution in [0.2, 0.25) is 0 Å². The average Bonchev–Trinajstić information content (AvgIpc) is 3.35. The van der Waals surface area contributed by atoms with Crippen molar-refractivity contribution in [1.82, 2.24) is 20.0 Å². The van der Waals surface area contributed by atoms with Gasteiger partial charge in [0.15, 0.2) is 0 Å². The fourth-order valence-electron chi connectivity index (χ4n) is 3.24. The van der Waals surface area contributed by atoms with Crippen LogP contribution in [0.5, 0.6) is 0 Å². The van der Waals surface area contributed by atoms with Gasteiger partial charge in [0.1, 0.15) is 11.5 Å². The van der Waals surface area contributed by atoms with Crippen LogP contribution in [-0.4, -0.2) is 27.1 Å². The number of hydrogen-bond acceptors (Lipinski definition) is 5. The minimum atomic E-state index is -0.0114. The molecule has 0 fully saturated rings. The van der Waals surface area contributed by atoms with Gasteiger partial charge in [0.2, 0.25) is 5.91 Å². The molecule has 1 atom stereocenters. The first-order valence-electron chi connectivity index (χ1n) is 8.34. The summed E-state index contributed by atoms with van der Waals surface area (Å²) < 4.78 is 12.7. The van der Waals surface area contributed by atoms with Crippen molar-refractivity contribution in [3.63, 3.8) is 0 Å². The summed E-state index contributed by atoms with van der Waals surface area (Å²) in [4.78, 5) is 14.6. The Kier molecular flexibility index (Phi) is 4.39. The van der Waals surface area contributed by atoms with Crippen molar-refractivity contribution in [1.29, 1.82) is 0 Å². The van der Waals surface area contributed by atoms with E-state index in [4.69, 9.17) is 8.83 Å². The van der Waals surface area contributed by atoms with E-state index < -0.39 is 0 Å². The SMILES string of the molecule is O=C(C[C@@H]1CN(Cc2ccco2)Cc2ccnn21)NCc1ccco1. The van der Waals surface area contributed by atoms with Crippen LogP contribution >= 0.6 is 0 Å². The zero-order chi connectivity index (χ0) is 17.1. The third-order valence-electron chi connectivity index (χ3n) is 4.37. The first-order valence-corrected chi connectivity index (χ1v) is 8.34. The maximum Gasteiger partial charge on any atom is 0.222 e. The summed E-state index contributed by atoms with van der Waals surface area (Å²) in [7, 11) is 0. The monoisotopic (exact) mass is 340 g/mol. The Morgan fingerprint density at radius 3 is 2.76 bits per heavy atom. The molecule has 0 saturated carbocycles. The molecule has 1 N–H and O–H groups in total. The zero-order valence-corrected chi connectivity index (χ0v) is 13.8. The minimum Gasteiger partial charge on any atom is -0.468 e. The average molecular weight is 340 g/mol. The molecule has 0 aliphatic carbocycles. The molecular weight excluding hydrogens is 320 g/mol. The predicted molar refractivity (Wildman–Crippen MR) is 89.3 cm³/mol.